The molecule has 4 aromatic rings. The Morgan fingerprint density at radius 3 is 1.73 bits per heavy atom. The van der Waals surface area contributed by atoms with Crippen molar-refractivity contribution in [2.24, 2.45) is 0 Å². The Bertz CT molecular complexity index is 1250. The summed E-state index contributed by atoms with van der Waals surface area (Å²) in [5.41, 5.74) is 7.54. The van der Waals surface area contributed by atoms with Gasteiger partial charge in [-0.15, -0.1) is 0 Å². The van der Waals surface area contributed by atoms with E-state index < -0.39 is 0 Å². The van der Waals surface area contributed by atoms with Crippen LogP contribution < -0.4 is 0 Å². The van der Waals surface area contributed by atoms with Crippen molar-refractivity contribution in [2.75, 3.05) is 13.1 Å². The summed E-state index contributed by atoms with van der Waals surface area (Å²) in [6, 6.07) is 36.9. The molecule has 4 aromatic carbocycles. The van der Waals surface area contributed by atoms with Crippen molar-refractivity contribution in [1.82, 2.24) is 4.90 Å². The van der Waals surface area contributed by atoms with Crippen LogP contribution in [0.2, 0.25) is 0 Å². The highest BCUT2D eigenvalue weighted by molar-refractivity contribution is 5.43. The van der Waals surface area contributed by atoms with E-state index in [0.717, 1.165) is 31.5 Å². The fourth-order valence-electron chi connectivity index (χ4n) is 5.46. The second-order valence-corrected chi connectivity index (χ2v) is 10.6. The van der Waals surface area contributed by atoms with E-state index in [1.807, 2.05) is 12.1 Å². The SMILES string of the molecule is Cc1cccc(C(CCN(CCC(c2ccccc2)c2cc(C)ccc2O)C(C)C)c2ccccc2)c1. The first-order valence-electron chi connectivity index (χ1n) is 13.6. The van der Waals surface area contributed by atoms with Gasteiger partial charge in [0, 0.05) is 23.4 Å². The van der Waals surface area contributed by atoms with Gasteiger partial charge in [0.15, 0.2) is 0 Å². The lowest BCUT2D eigenvalue weighted by Gasteiger charge is -2.31. The van der Waals surface area contributed by atoms with Crippen LogP contribution in [0.4, 0.5) is 0 Å². The molecular formula is C35H41NO. The lowest BCUT2D eigenvalue weighted by atomic mass is 9.86. The highest BCUT2D eigenvalue weighted by Gasteiger charge is 2.22. The van der Waals surface area contributed by atoms with Crippen molar-refractivity contribution in [3.63, 3.8) is 0 Å². The molecule has 0 aromatic heterocycles. The fraction of sp³-hybridized carbons (Fsp3) is 0.314. The average Bonchev–Trinajstić information content (AvgIpc) is 2.90. The second kappa shape index (κ2) is 12.7. The number of rotatable bonds is 11. The Labute approximate surface area is 223 Å². The number of phenolic OH excluding ortho intramolecular Hbond substituents is 1. The largest absolute Gasteiger partial charge is 0.508 e. The third-order valence-electron chi connectivity index (χ3n) is 7.55. The molecule has 1 N–H and O–H groups in total. The van der Waals surface area contributed by atoms with Gasteiger partial charge in [-0.05, 0) is 76.4 Å². The summed E-state index contributed by atoms with van der Waals surface area (Å²) in [7, 11) is 0. The molecule has 0 saturated heterocycles. The van der Waals surface area contributed by atoms with Gasteiger partial charge in [-0.1, -0.05) is 108 Å². The summed E-state index contributed by atoms with van der Waals surface area (Å²) in [5.74, 6) is 0.913. The van der Waals surface area contributed by atoms with Gasteiger partial charge in [0.05, 0.1) is 0 Å². The molecule has 4 rings (SSSR count). The van der Waals surface area contributed by atoms with Gasteiger partial charge >= 0.3 is 0 Å². The number of nitrogens with zero attached hydrogens (tertiary/aromatic N) is 1. The molecule has 2 atom stereocenters. The molecule has 0 aliphatic carbocycles. The van der Waals surface area contributed by atoms with Gasteiger partial charge in [-0.3, -0.25) is 0 Å². The first kappa shape index (κ1) is 26.7. The Morgan fingerprint density at radius 2 is 1.14 bits per heavy atom. The minimum absolute atomic E-state index is 0.157. The van der Waals surface area contributed by atoms with E-state index in [2.05, 4.69) is 124 Å². The highest BCUT2D eigenvalue weighted by atomic mass is 16.3. The van der Waals surface area contributed by atoms with Crippen LogP contribution in [0, 0.1) is 13.8 Å². The minimum atomic E-state index is 0.157. The summed E-state index contributed by atoms with van der Waals surface area (Å²) in [5, 5.41) is 10.8. The maximum atomic E-state index is 10.8. The molecule has 0 radical (unpaired) electrons. The van der Waals surface area contributed by atoms with Crippen LogP contribution >= 0.6 is 0 Å². The van der Waals surface area contributed by atoms with Gasteiger partial charge < -0.3 is 10.0 Å². The molecule has 0 fully saturated rings. The third-order valence-corrected chi connectivity index (χ3v) is 7.55. The van der Waals surface area contributed by atoms with Gasteiger partial charge in [-0.2, -0.15) is 0 Å². The molecule has 0 heterocycles. The second-order valence-electron chi connectivity index (χ2n) is 10.6. The standard InChI is InChI=1S/C35H41NO/c1-26(2)36(22-20-32(29-13-7-5-8-14-29)31-17-11-12-27(3)24-31)23-21-33(30-15-9-6-10-16-30)34-25-28(4)18-19-35(34)37/h5-19,24-26,32-33,37H,20-23H2,1-4H3. The maximum Gasteiger partial charge on any atom is 0.119 e. The van der Waals surface area contributed by atoms with Gasteiger partial charge in [0.1, 0.15) is 5.75 Å². The number of benzene rings is 4. The van der Waals surface area contributed by atoms with E-state index in [-0.39, 0.29) is 5.92 Å². The molecule has 0 aliphatic rings. The quantitative estimate of drug-likeness (QED) is 0.227. The summed E-state index contributed by atoms with van der Waals surface area (Å²) in [6.07, 6.45) is 2.02. The van der Waals surface area contributed by atoms with Crippen molar-refractivity contribution in [3.8, 4) is 5.75 Å². The van der Waals surface area contributed by atoms with E-state index in [1.54, 1.807) is 0 Å². The molecule has 2 nitrogen and oxygen atoms in total. The molecule has 0 amide bonds. The monoisotopic (exact) mass is 491 g/mol. The summed E-state index contributed by atoms with van der Waals surface area (Å²) in [6.45, 7) is 10.9. The predicted molar refractivity (Wildman–Crippen MR) is 157 cm³/mol. The Morgan fingerprint density at radius 1 is 0.595 bits per heavy atom. The van der Waals surface area contributed by atoms with E-state index in [0.29, 0.717) is 17.7 Å². The number of aromatic hydroxyl groups is 1. The van der Waals surface area contributed by atoms with Crippen LogP contribution in [0.1, 0.15) is 71.9 Å². The maximum absolute atomic E-state index is 10.8. The van der Waals surface area contributed by atoms with Crippen LogP contribution in [0.15, 0.2) is 103 Å². The average molecular weight is 492 g/mol. The normalized spacial score (nSPS) is 13.1. The number of hydrogen-bond acceptors (Lipinski definition) is 2. The molecule has 37 heavy (non-hydrogen) atoms. The van der Waals surface area contributed by atoms with E-state index >= 15 is 0 Å². The summed E-state index contributed by atoms with van der Waals surface area (Å²) in [4.78, 5) is 2.61. The van der Waals surface area contributed by atoms with E-state index in [4.69, 9.17) is 0 Å². The third kappa shape index (κ3) is 7.11. The molecule has 192 valence electrons. The van der Waals surface area contributed by atoms with Crippen molar-refractivity contribution < 1.29 is 5.11 Å². The van der Waals surface area contributed by atoms with Crippen molar-refractivity contribution in [3.05, 3.63) is 137 Å². The van der Waals surface area contributed by atoms with Crippen LogP contribution in [0.5, 0.6) is 5.75 Å². The predicted octanol–water partition coefficient (Wildman–Crippen LogP) is 8.46. The van der Waals surface area contributed by atoms with Gasteiger partial charge in [-0.25, -0.2) is 0 Å². The molecule has 2 unspecified atom stereocenters. The van der Waals surface area contributed by atoms with Crippen molar-refractivity contribution >= 4 is 0 Å². The molecule has 0 spiro atoms. The Hall–Kier alpha value is -3.36. The highest BCUT2D eigenvalue weighted by Crippen LogP contribution is 2.35. The van der Waals surface area contributed by atoms with Gasteiger partial charge in [0.2, 0.25) is 0 Å². The number of phenols is 1. The van der Waals surface area contributed by atoms with Crippen LogP contribution in [-0.4, -0.2) is 29.1 Å². The van der Waals surface area contributed by atoms with Crippen LogP contribution in [0.3, 0.4) is 0 Å². The molecule has 0 saturated carbocycles. The Balaban J connectivity index is 1.54. The Kier molecular flexibility index (Phi) is 9.19. The lowest BCUT2D eigenvalue weighted by Crippen LogP contribution is -2.34. The van der Waals surface area contributed by atoms with Crippen molar-refractivity contribution in [1.29, 1.82) is 0 Å². The topological polar surface area (TPSA) is 23.5 Å². The molecule has 0 bridgehead atoms. The van der Waals surface area contributed by atoms with Crippen LogP contribution in [0.25, 0.3) is 0 Å². The van der Waals surface area contributed by atoms with Gasteiger partial charge in [0.25, 0.3) is 0 Å². The first-order chi connectivity index (χ1) is 17.9. The summed E-state index contributed by atoms with van der Waals surface area (Å²) >= 11 is 0. The number of hydrogen-bond donors (Lipinski definition) is 1. The van der Waals surface area contributed by atoms with Crippen molar-refractivity contribution in [2.45, 2.75) is 58.4 Å². The first-order valence-corrected chi connectivity index (χ1v) is 13.6. The van der Waals surface area contributed by atoms with E-state index in [9.17, 15) is 5.11 Å². The number of aryl methyl sites for hydroxylation is 2. The zero-order chi connectivity index (χ0) is 26.2. The molecular weight excluding hydrogens is 450 g/mol. The minimum Gasteiger partial charge on any atom is -0.508 e. The summed E-state index contributed by atoms with van der Waals surface area (Å²) < 4.78 is 0. The lowest BCUT2D eigenvalue weighted by molar-refractivity contribution is 0.210. The van der Waals surface area contributed by atoms with E-state index in [1.165, 1.54) is 27.8 Å². The molecule has 0 aliphatic heterocycles. The fourth-order valence-corrected chi connectivity index (χ4v) is 5.46. The molecule has 2 heteroatoms. The smallest absolute Gasteiger partial charge is 0.119 e. The zero-order valence-electron chi connectivity index (χ0n) is 22.8. The zero-order valence-corrected chi connectivity index (χ0v) is 22.8. The van der Waals surface area contributed by atoms with Crippen LogP contribution in [-0.2, 0) is 0 Å².